The molecule has 0 aliphatic rings. The maximum Gasteiger partial charge on any atom is 0.303 e. The van der Waals surface area contributed by atoms with Crippen LogP contribution in [0.15, 0.2) is 6.07 Å². The first-order chi connectivity index (χ1) is 6.99. The molecule has 1 aromatic heterocycles. The molecule has 1 rings (SSSR count). The number of aromatic nitrogens is 2. The van der Waals surface area contributed by atoms with Crippen LogP contribution in [-0.4, -0.2) is 26.8 Å². The molecule has 0 aliphatic carbocycles. The lowest BCUT2D eigenvalue weighted by Crippen LogP contribution is -2.08. The van der Waals surface area contributed by atoms with Gasteiger partial charge in [0.2, 0.25) is 0 Å². The predicted octanol–water partition coefficient (Wildman–Crippen LogP) is 1.14. The Morgan fingerprint density at radius 3 is 2.47 bits per heavy atom. The Morgan fingerprint density at radius 1 is 1.27 bits per heavy atom. The average Bonchev–Trinajstić information content (AvgIpc) is 2.12. The predicted molar refractivity (Wildman–Crippen MR) is 52.7 cm³/mol. The first-order valence-corrected chi connectivity index (χ1v) is 4.56. The van der Waals surface area contributed by atoms with E-state index in [1.54, 1.807) is 19.9 Å². The van der Waals surface area contributed by atoms with Gasteiger partial charge in [-0.15, -0.1) is 0 Å². The number of rotatable bonds is 4. The van der Waals surface area contributed by atoms with Crippen molar-refractivity contribution in [1.29, 1.82) is 0 Å². The zero-order valence-corrected chi connectivity index (χ0v) is 8.65. The van der Waals surface area contributed by atoms with E-state index in [9.17, 15) is 9.59 Å². The molecule has 80 valence electrons. The van der Waals surface area contributed by atoms with Crippen molar-refractivity contribution in [2.75, 3.05) is 0 Å². The summed E-state index contributed by atoms with van der Waals surface area (Å²) >= 11 is 0. The van der Waals surface area contributed by atoms with Crippen LogP contribution in [0.5, 0.6) is 0 Å². The van der Waals surface area contributed by atoms with Crippen molar-refractivity contribution >= 4 is 11.8 Å². The molecule has 0 radical (unpaired) electrons. The van der Waals surface area contributed by atoms with Crippen molar-refractivity contribution < 1.29 is 14.7 Å². The number of nitrogens with zero attached hydrogens (tertiary/aromatic N) is 2. The molecule has 0 amide bonds. The van der Waals surface area contributed by atoms with E-state index in [1.807, 2.05) is 0 Å². The Labute approximate surface area is 87.2 Å². The van der Waals surface area contributed by atoms with Gasteiger partial charge in [0.25, 0.3) is 0 Å². The highest BCUT2D eigenvalue weighted by Gasteiger charge is 2.10. The number of hydrogen-bond acceptors (Lipinski definition) is 4. The zero-order valence-electron chi connectivity index (χ0n) is 8.65. The van der Waals surface area contributed by atoms with Crippen LogP contribution in [0.2, 0.25) is 0 Å². The minimum atomic E-state index is -0.981. The molecule has 0 saturated heterocycles. The van der Waals surface area contributed by atoms with Crippen LogP contribution in [0.3, 0.4) is 0 Å². The number of carbonyl (C=O) groups excluding carboxylic acids is 1. The summed E-state index contributed by atoms with van der Waals surface area (Å²) < 4.78 is 0. The molecule has 1 heterocycles. The van der Waals surface area contributed by atoms with Crippen molar-refractivity contribution in [3.8, 4) is 0 Å². The summed E-state index contributed by atoms with van der Waals surface area (Å²) in [7, 11) is 0. The van der Waals surface area contributed by atoms with Crippen LogP contribution >= 0.6 is 0 Å². The highest BCUT2D eigenvalue weighted by molar-refractivity contribution is 5.95. The normalized spacial score (nSPS) is 10.0. The molecule has 0 aromatic carbocycles. The van der Waals surface area contributed by atoms with Crippen LogP contribution < -0.4 is 0 Å². The average molecular weight is 208 g/mol. The molecule has 0 saturated carbocycles. The lowest BCUT2D eigenvalue weighted by Gasteiger charge is -2.01. The second-order valence-electron chi connectivity index (χ2n) is 3.26. The molecule has 0 bridgehead atoms. The van der Waals surface area contributed by atoms with Crippen molar-refractivity contribution in [2.45, 2.75) is 26.7 Å². The summed E-state index contributed by atoms with van der Waals surface area (Å²) in [6, 6.07) is 1.57. The number of aliphatic carboxylic acids is 1. The second-order valence-corrected chi connectivity index (χ2v) is 3.26. The number of ketones is 1. The van der Waals surface area contributed by atoms with Crippen LogP contribution in [0.4, 0.5) is 0 Å². The monoisotopic (exact) mass is 208 g/mol. The van der Waals surface area contributed by atoms with E-state index < -0.39 is 5.97 Å². The van der Waals surface area contributed by atoms with E-state index in [0.29, 0.717) is 17.2 Å². The van der Waals surface area contributed by atoms with Gasteiger partial charge in [0.1, 0.15) is 11.5 Å². The lowest BCUT2D eigenvalue weighted by atomic mass is 10.1. The minimum Gasteiger partial charge on any atom is -0.481 e. The molecule has 1 aromatic rings. The smallest absolute Gasteiger partial charge is 0.303 e. The van der Waals surface area contributed by atoms with Gasteiger partial charge in [-0.1, -0.05) is 0 Å². The van der Waals surface area contributed by atoms with Crippen LogP contribution in [-0.2, 0) is 4.79 Å². The molecule has 1 N–H and O–H groups in total. The Bertz CT molecular complexity index is 381. The Kier molecular flexibility index (Phi) is 3.49. The second kappa shape index (κ2) is 4.63. The molecular weight excluding hydrogens is 196 g/mol. The highest BCUT2D eigenvalue weighted by Crippen LogP contribution is 2.05. The van der Waals surface area contributed by atoms with Gasteiger partial charge >= 0.3 is 5.97 Å². The Hall–Kier alpha value is -1.78. The fourth-order valence-electron chi connectivity index (χ4n) is 1.21. The SMILES string of the molecule is Cc1cc(C(=O)CCC(=O)O)nc(C)n1. The molecule has 0 fully saturated rings. The summed E-state index contributed by atoms with van der Waals surface area (Å²) in [5.74, 6) is -0.717. The van der Waals surface area contributed by atoms with E-state index >= 15 is 0 Å². The number of Topliss-reactive ketones (excluding diaryl/α,β-unsaturated/α-hetero) is 1. The van der Waals surface area contributed by atoms with Crippen LogP contribution in [0, 0.1) is 13.8 Å². The Morgan fingerprint density at radius 2 is 1.93 bits per heavy atom. The van der Waals surface area contributed by atoms with Gasteiger partial charge in [0, 0.05) is 12.1 Å². The third-order valence-corrected chi connectivity index (χ3v) is 1.82. The number of hydrogen-bond donors (Lipinski definition) is 1. The molecule has 0 atom stereocenters. The number of aryl methyl sites for hydroxylation is 2. The molecule has 15 heavy (non-hydrogen) atoms. The van der Waals surface area contributed by atoms with E-state index in [0.717, 1.165) is 0 Å². The fraction of sp³-hybridized carbons (Fsp3) is 0.400. The summed E-state index contributed by atoms with van der Waals surface area (Å²) in [4.78, 5) is 29.8. The van der Waals surface area contributed by atoms with Crippen molar-refractivity contribution in [1.82, 2.24) is 9.97 Å². The van der Waals surface area contributed by atoms with Gasteiger partial charge in [0.15, 0.2) is 5.78 Å². The molecule has 5 heteroatoms. The summed E-state index contributed by atoms with van der Waals surface area (Å²) in [5, 5.41) is 8.43. The van der Waals surface area contributed by atoms with E-state index in [2.05, 4.69) is 9.97 Å². The molecule has 0 aliphatic heterocycles. The summed E-state index contributed by atoms with van der Waals surface area (Å²) in [6.07, 6.45) is -0.188. The van der Waals surface area contributed by atoms with E-state index in [-0.39, 0.29) is 18.6 Å². The van der Waals surface area contributed by atoms with Crippen LogP contribution in [0.25, 0.3) is 0 Å². The van der Waals surface area contributed by atoms with Crippen molar-refractivity contribution in [3.63, 3.8) is 0 Å². The van der Waals surface area contributed by atoms with Crippen molar-refractivity contribution in [2.24, 2.45) is 0 Å². The van der Waals surface area contributed by atoms with Gasteiger partial charge in [-0.25, -0.2) is 9.97 Å². The number of carbonyl (C=O) groups is 2. The minimum absolute atomic E-state index is 0.0226. The van der Waals surface area contributed by atoms with Gasteiger partial charge in [-0.3, -0.25) is 9.59 Å². The molecular formula is C10H12N2O3. The van der Waals surface area contributed by atoms with Gasteiger partial charge in [0.05, 0.1) is 6.42 Å². The zero-order chi connectivity index (χ0) is 11.4. The first-order valence-electron chi connectivity index (χ1n) is 4.56. The first kappa shape index (κ1) is 11.3. The van der Waals surface area contributed by atoms with Gasteiger partial charge < -0.3 is 5.11 Å². The molecule has 0 unspecified atom stereocenters. The summed E-state index contributed by atoms with van der Waals surface area (Å²) in [5.41, 5.74) is 1.00. The highest BCUT2D eigenvalue weighted by atomic mass is 16.4. The standard InChI is InChI=1S/C10H12N2O3/c1-6-5-8(12-7(2)11-6)9(13)3-4-10(14)15/h5H,3-4H2,1-2H3,(H,14,15). The maximum absolute atomic E-state index is 11.5. The largest absolute Gasteiger partial charge is 0.481 e. The molecule has 5 nitrogen and oxygen atoms in total. The van der Waals surface area contributed by atoms with Gasteiger partial charge in [-0.05, 0) is 19.9 Å². The topological polar surface area (TPSA) is 80.2 Å². The lowest BCUT2D eigenvalue weighted by molar-refractivity contribution is -0.136. The number of carboxylic acids is 1. The van der Waals surface area contributed by atoms with Crippen molar-refractivity contribution in [3.05, 3.63) is 23.3 Å². The number of carboxylic acid groups (broad SMARTS) is 1. The van der Waals surface area contributed by atoms with E-state index in [1.165, 1.54) is 0 Å². The van der Waals surface area contributed by atoms with Gasteiger partial charge in [-0.2, -0.15) is 0 Å². The summed E-state index contributed by atoms with van der Waals surface area (Å²) in [6.45, 7) is 3.46. The third kappa shape index (κ3) is 3.46. The fourth-order valence-corrected chi connectivity index (χ4v) is 1.21. The third-order valence-electron chi connectivity index (χ3n) is 1.82. The quantitative estimate of drug-likeness (QED) is 0.750. The maximum atomic E-state index is 11.5. The van der Waals surface area contributed by atoms with Crippen LogP contribution in [0.1, 0.15) is 34.8 Å². The molecule has 0 spiro atoms. The van der Waals surface area contributed by atoms with E-state index in [4.69, 9.17) is 5.11 Å². The Balaban J connectivity index is 2.77.